The zero-order valence-corrected chi connectivity index (χ0v) is 15.8. The lowest BCUT2D eigenvalue weighted by molar-refractivity contribution is -0.159. The topological polar surface area (TPSA) is 93.1 Å². The molecule has 2 N–H and O–H groups in total. The molecular weight excluding hydrogens is 336 g/mol. The number of allylic oxidation sites excluding steroid dienone is 1. The summed E-state index contributed by atoms with van der Waals surface area (Å²) in [5.74, 6) is -1.76. The van der Waals surface area contributed by atoms with Crippen LogP contribution in [-0.4, -0.2) is 46.6 Å². The lowest BCUT2D eigenvalue weighted by Gasteiger charge is -2.42. The molecule has 0 spiro atoms. The number of hydrogen-bond acceptors (Lipinski definition) is 6. The number of esters is 2. The van der Waals surface area contributed by atoms with Crippen molar-refractivity contribution >= 4 is 11.9 Å². The molecule has 0 aromatic rings. The first-order chi connectivity index (χ1) is 12.1. The van der Waals surface area contributed by atoms with Crippen molar-refractivity contribution < 1.29 is 29.3 Å². The van der Waals surface area contributed by atoms with Crippen LogP contribution in [0.25, 0.3) is 0 Å². The number of carbonyl (C=O) groups excluding carboxylic acids is 2. The Morgan fingerprint density at radius 3 is 2.65 bits per heavy atom. The average Bonchev–Trinajstić information content (AvgIpc) is 2.96. The van der Waals surface area contributed by atoms with Gasteiger partial charge < -0.3 is 19.7 Å². The van der Waals surface area contributed by atoms with Gasteiger partial charge in [-0.15, -0.1) is 0 Å². The lowest BCUT2D eigenvalue weighted by Crippen LogP contribution is -2.50. The van der Waals surface area contributed by atoms with E-state index in [1.54, 1.807) is 19.9 Å². The predicted molar refractivity (Wildman–Crippen MR) is 93.8 cm³/mol. The van der Waals surface area contributed by atoms with Crippen LogP contribution in [0.5, 0.6) is 0 Å². The molecule has 3 rings (SSSR count). The molecule has 0 aromatic heterocycles. The van der Waals surface area contributed by atoms with Gasteiger partial charge in [0.2, 0.25) is 0 Å². The maximum absolute atomic E-state index is 12.3. The molecule has 0 amide bonds. The van der Waals surface area contributed by atoms with Gasteiger partial charge in [0.05, 0.1) is 18.1 Å². The molecule has 8 atom stereocenters. The molecule has 2 saturated carbocycles. The zero-order chi connectivity index (χ0) is 19.4. The first-order valence-electron chi connectivity index (χ1n) is 9.22. The fourth-order valence-corrected chi connectivity index (χ4v) is 5.28. The zero-order valence-electron chi connectivity index (χ0n) is 15.8. The van der Waals surface area contributed by atoms with E-state index < -0.39 is 47.7 Å². The van der Waals surface area contributed by atoms with Crippen molar-refractivity contribution in [3.05, 3.63) is 23.8 Å². The Morgan fingerprint density at radius 1 is 1.38 bits per heavy atom. The van der Waals surface area contributed by atoms with E-state index in [-0.39, 0.29) is 23.8 Å². The van der Waals surface area contributed by atoms with Gasteiger partial charge in [-0.1, -0.05) is 26.5 Å². The summed E-state index contributed by atoms with van der Waals surface area (Å²) < 4.78 is 11.1. The molecule has 0 bridgehead atoms. The summed E-state index contributed by atoms with van der Waals surface area (Å²) in [4.78, 5) is 24.3. The SMILES string of the molecule is C=C1C(=O)O[C@@H]2C[C@@H](C)[C@@H]3[C@@H](O)C[C@@H](OC(=O)/C(C)=C/C)[C@@]3(C)[C@@H](O)[C@H]12. The first-order valence-corrected chi connectivity index (χ1v) is 9.22. The second kappa shape index (κ2) is 6.50. The normalized spacial score (nSPS) is 45.6. The summed E-state index contributed by atoms with van der Waals surface area (Å²) in [5.41, 5.74) is -0.157. The summed E-state index contributed by atoms with van der Waals surface area (Å²) >= 11 is 0. The quantitative estimate of drug-likeness (QED) is 0.573. The van der Waals surface area contributed by atoms with E-state index in [9.17, 15) is 19.8 Å². The number of aliphatic hydroxyl groups excluding tert-OH is 2. The predicted octanol–water partition coefficient (Wildman–Crippen LogP) is 1.75. The number of aliphatic hydroxyl groups is 2. The Kier molecular flexibility index (Phi) is 4.78. The van der Waals surface area contributed by atoms with Crippen LogP contribution in [0.3, 0.4) is 0 Å². The van der Waals surface area contributed by atoms with Crippen LogP contribution in [-0.2, 0) is 19.1 Å². The summed E-state index contributed by atoms with van der Waals surface area (Å²) in [7, 11) is 0. The summed E-state index contributed by atoms with van der Waals surface area (Å²) in [6.07, 6.45) is -0.324. The maximum atomic E-state index is 12.3. The van der Waals surface area contributed by atoms with Crippen LogP contribution >= 0.6 is 0 Å². The molecule has 1 heterocycles. The van der Waals surface area contributed by atoms with Gasteiger partial charge in [-0.3, -0.25) is 0 Å². The molecule has 26 heavy (non-hydrogen) atoms. The monoisotopic (exact) mass is 364 g/mol. The molecule has 2 aliphatic carbocycles. The third-order valence-corrected chi connectivity index (χ3v) is 6.80. The molecule has 0 radical (unpaired) electrons. The van der Waals surface area contributed by atoms with E-state index in [4.69, 9.17) is 9.47 Å². The second-order valence-corrected chi connectivity index (χ2v) is 8.21. The van der Waals surface area contributed by atoms with E-state index in [2.05, 4.69) is 6.58 Å². The Morgan fingerprint density at radius 2 is 2.04 bits per heavy atom. The summed E-state index contributed by atoms with van der Waals surface area (Å²) in [5, 5.41) is 22.0. The fourth-order valence-electron chi connectivity index (χ4n) is 5.28. The minimum absolute atomic E-state index is 0.00938. The molecule has 0 aromatic carbocycles. The van der Waals surface area contributed by atoms with Crippen molar-refractivity contribution in [1.29, 1.82) is 0 Å². The van der Waals surface area contributed by atoms with Gasteiger partial charge in [0.25, 0.3) is 0 Å². The molecule has 144 valence electrons. The van der Waals surface area contributed by atoms with Gasteiger partial charge >= 0.3 is 11.9 Å². The van der Waals surface area contributed by atoms with Crippen molar-refractivity contribution in [2.75, 3.05) is 0 Å². The highest BCUT2D eigenvalue weighted by molar-refractivity contribution is 5.91. The molecule has 3 aliphatic rings. The minimum Gasteiger partial charge on any atom is -0.458 e. The van der Waals surface area contributed by atoms with E-state index in [1.165, 1.54) is 0 Å². The van der Waals surface area contributed by atoms with Crippen LogP contribution in [0.2, 0.25) is 0 Å². The van der Waals surface area contributed by atoms with Crippen LogP contribution in [0, 0.1) is 23.2 Å². The highest BCUT2D eigenvalue weighted by Gasteiger charge is 2.65. The summed E-state index contributed by atoms with van der Waals surface area (Å²) in [6, 6.07) is 0. The van der Waals surface area contributed by atoms with Gasteiger partial charge in [-0.2, -0.15) is 0 Å². The van der Waals surface area contributed by atoms with Gasteiger partial charge in [0.15, 0.2) is 0 Å². The van der Waals surface area contributed by atoms with Crippen molar-refractivity contribution in [2.24, 2.45) is 23.2 Å². The molecule has 1 aliphatic heterocycles. The van der Waals surface area contributed by atoms with Crippen molar-refractivity contribution in [3.8, 4) is 0 Å². The molecule has 1 saturated heterocycles. The lowest BCUT2D eigenvalue weighted by atomic mass is 9.67. The third-order valence-electron chi connectivity index (χ3n) is 6.80. The van der Waals surface area contributed by atoms with Gasteiger partial charge in [-0.05, 0) is 32.1 Å². The van der Waals surface area contributed by atoms with Crippen LogP contribution in [0.1, 0.15) is 40.5 Å². The van der Waals surface area contributed by atoms with Crippen LogP contribution in [0.4, 0.5) is 0 Å². The van der Waals surface area contributed by atoms with Crippen LogP contribution in [0.15, 0.2) is 23.8 Å². The minimum atomic E-state index is -0.998. The fraction of sp³-hybridized carbons (Fsp3) is 0.700. The number of fused-ring (bicyclic) bond motifs is 2. The Balaban J connectivity index is 2.00. The number of rotatable bonds is 2. The Labute approximate surface area is 153 Å². The molecule has 6 heteroatoms. The van der Waals surface area contributed by atoms with Crippen molar-refractivity contribution in [3.63, 3.8) is 0 Å². The van der Waals surface area contributed by atoms with Gasteiger partial charge in [0.1, 0.15) is 12.2 Å². The molecule has 0 unspecified atom stereocenters. The third kappa shape index (κ3) is 2.62. The van der Waals surface area contributed by atoms with E-state index >= 15 is 0 Å². The summed E-state index contributed by atoms with van der Waals surface area (Å²) in [6.45, 7) is 11.1. The Hall–Kier alpha value is -1.66. The van der Waals surface area contributed by atoms with E-state index in [0.717, 1.165) is 0 Å². The smallest absolute Gasteiger partial charge is 0.334 e. The highest BCUT2D eigenvalue weighted by atomic mass is 16.6. The number of hydrogen-bond donors (Lipinski definition) is 2. The van der Waals surface area contributed by atoms with E-state index in [1.807, 2.05) is 13.8 Å². The molecular formula is C20H28O6. The van der Waals surface area contributed by atoms with Gasteiger partial charge in [-0.25, -0.2) is 9.59 Å². The second-order valence-electron chi connectivity index (χ2n) is 8.21. The van der Waals surface area contributed by atoms with Crippen molar-refractivity contribution in [2.45, 2.75) is 65.0 Å². The number of ether oxygens (including phenoxy) is 2. The standard InChI is InChI=1S/C20H28O6/c1-6-9(2)18(23)26-14-8-12(21)16-10(3)7-13-15(11(4)19(24)25-13)17(22)20(14,16)5/h6,10,12-17,21-22H,4,7-8H2,1-3,5H3/b9-6+/t10-,12+,13-,14-,15-,16-,17+,20-/m1/s1. The average molecular weight is 364 g/mol. The van der Waals surface area contributed by atoms with Crippen molar-refractivity contribution in [1.82, 2.24) is 0 Å². The van der Waals surface area contributed by atoms with Crippen LogP contribution < -0.4 is 0 Å². The highest BCUT2D eigenvalue weighted by Crippen LogP contribution is 2.57. The largest absolute Gasteiger partial charge is 0.458 e. The maximum Gasteiger partial charge on any atom is 0.334 e. The first kappa shape index (κ1) is 19.1. The molecule has 6 nitrogen and oxygen atoms in total. The van der Waals surface area contributed by atoms with E-state index in [0.29, 0.717) is 12.0 Å². The Bertz CT molecular complexity index is 667. The molecule has 3 fully saturated rings. The number of carbonyl (C=O) groups is 2. The van der Waals surface area contributed by atoms with Gasteiger partial charge in [0, 0.05) is 23.0 Å².